The third-order valence-electron chi connectivity index (χ3n) is 12.5. The normalized spacial score (nSPS) is 14.4. The zero-order valence-electron chi connectivity index (χ0n) is 31.5. The molecule has 0 unspecified atom stereocenters. The Balaban J connectivity index is 1.17. The zero-order chi connectivity index (χ0) is 37.9. The maximum Gasteiger partial charge on any atom is 0.146 e. The average molecular weight is 728 g/mol. The largest absolute Gasteiger partial charge is 0.507 e. The summed E-state index contributed by atoms with van der Waals surface area (Å²) in [5, 5.41) is 15.4. The first kappa shape index (κ1) is 32.5. The van der Waals surface area contributed by atoms with Crippen molar-refractivity contribution in [3.8, 4) is 56.6 Å². The fraction of sp³-hybridized carbons (Fsp3) is 0.120. The summed E-state index contributed by atoms with van der Waals surface area (Å²) in [6.07, 6.45) is 2.08. The fourth-order valence-corrected chi connectivity index (χ4v) is 8.86. The van der Waals surface area contributed by atoms with Gasteiger partial charge in [0.05, 0.1) is 11.4 Å². The topological polar surface area (TPSA) is 77.2 Å². The van der Waals surface area contributed by atoms with Gasteiger partial charge in [0, 0.05) is 50.0 Å². The fourth-order valence-electron chi connectivity index (χ4n) is 8.86. The van der Waals surface area contributed by atoms with Crippen molar-refractivity contribution in [2.75, 3.05) is 0 Å². The molecule has 1 aliphatic carbocycles. The van der Waals surface area contributed by atoms with Gasteiger partial charge in [-0.25, -0.2) is 9.97 Å². The van der Waals surface area contributed by atoms with Gasteiger partial charge in [-0.05, 0) is 82.3 Å². The van der Waals surface area contributed by atoms with Gasteiger partial charge in [-0.1, -0.05) is 113 Å². The number of aromatic nitrogens is 3. The summed E-state index contributed by atoms with van der Waals surface area (Å²) < 4.78 is 14.9. The zero-order valence-corrected chi connectivity index (χ0v) is 31.5. The number of phenols is 1. The van der Waals surface area contributed by atoms with E-state index in [-0.39, 0.29) is 16.6 Å². The van der Waals surface area contributed by atoms with E-state index in [9.17, 15) is 5.11 Å². The van der Waals surface area contributed by atoms with E-state index in [1.165, 1.54) is 0 Å². The molecule has 6 aromatic carbocycles. The van der Waals surface area contributed by atoms with E-state index >= 15 is 0 Å². The van der Waals surface area contributed by atoms with Crippen LogP contribution in [0, 0.1) is 0 Å². The molecule has 1 aliphatic rings. The van der Waals surface area contributed by atoms with Crippen LogP contribution in [0.1, 0.15) is 38.8 Å². The molecule has 0 radical (unpaired) electrons. The van der Waals surface area contributed by atoms with Crippen LogP contribution in [0.25, 0.3) is 94.7 Å². The number of benzene rings is 6. The smallest absolute Gasteiger partial charge is 0.146 e. The number of para-hydroxylation sites is 1. The molecule has 6 nitrogen and oxygen atoms in total. The van der Waals surface area contributed by atoms with Crippen molar-refractivity contribution in [1.82, 2.24) is 14.5 Å². The van der Waals surface area contributed by atoms with Gasteiger partial charge < -0.3 is 13.9 Å². The lowest BCUT2D eigenvalue weighted by Gasteiger charge is -2.47. The van der Waals surface area contributed by atoms with Gasteiger partial charge in [-0.2, -0.15) is 0 Å². The van der Waals surface area contributed by atoms with E-state index < -0.39 is 0 Å². The Bertz CT molecular complexity index is 3220. The maximum atomic E-state index is 11.3. The molecule has 0 spiro atoms. The molecule has 0 saturated carbocycles. The average Bonchev–Trinajstić information content (AvgIpc) is 3.94. The van der Waals surface area contributed by atoms with Crippen molar-refractivity contribution in [2.24, 2.45) is 0 Å². The number of furan rings is 2. The minimum atomic E-state index is -0.251. The van der Waals surface area contributed by atoms with E-state index in [0.29, 0.717) is 5.69 Å². The molecule has 56 heavy (non-hydrogen) atoms. The van der Waals surface area contributed by atoms with Crippen LogP contribution in [0.3, 0.4) is 0 Å². The van der Waals surface area contributed by atoms with Crippen molar-refractivity contribution in [1.29, 1.82) is 0 Å². The van der Waals surface area contributed by atoms with Crippen molar-refractivity contribution in [3.05, 3.63) is 157 Å². The van der Waals surface area contributed by atoms with Crippen LogP contribution in [0.5, 0.6) is 5.75 Å². The molecule has 0 atom stereocenters. The number of hydrogen-bond acceptors (Lipinski definition) is 5. The highest BCUT2D eigenvalue weighted by Gasteiger charge is 2.47. The van der Waals surface area contributed by atoms with E-state index in [0.717, 1.165) is 100 Å². The van der Waals surface area contributed by atoms with Crippen LogP contribution >= 0.6 is 0 Å². The summed E-state index contributed by atoms with van der Waals surface area (Å²) in [4.78, 5) is 10.8. The summed E-state index contributed by atoms with van der Waals surface area (Å²) >= 11 is 0. The van der Waals surface area contributed by atoms with Crippen molar-refractivity contribution in [2.45, 2.75) is 38.5 Å². The molecule has 0 bridgehead atoms. The van der Waals surface area contributed by atoms with Crippen molar-refractivity contribution >= 4 is 43.9 Å². The number of hydrogen-bond donors (Lipinski definition) is 1. The molecule has 11 rings (SSSR count). The summed E-state index contributed by atoms with van der Waals surface area (Å²) in [6.45, 7) is 9.03. The molecule has 0 saturated heterocycles. The highest BCUT2D eigenvalue weighted by Crippen LogP contribution is 2.55. The molecule has 6 heteroatoms. The Morgan fingerprint density at radius 1 is 0.536 bits per heavy atom. The van der Waals surface area contributed by atoms with Gasteiger partial charge in [0.2, 0.25) is 0 Å². The van der Waals surface area contributed by atoms with E-state index in [4.69, 9.17) is 18.8 Å². The van der Waals surface area contributed by atoms with Crippen LogP contribution in [-0.2, 0) is 10.8 Å². The molecular weight excluding hydrogens is 691 g/mol. The van der Waals surface area contributed by atoms with Gasteiger partial charge in [0.15, 0.2) is 0 Å². The van der Waals surface area contributed by atoms with Crippen molar-refractivity contribution in [3.63, 3.8) is 0 Å². The van der Waals surface area contributed by atoms with E-state index in [1.54, 1.807) is 6.07 Å². The third-order valence-corrected chi connectivity index (χ3v) is 12.5. The molecule has 4 heterocycles. The molecule has 1 N–H and O–H groups in total. The minimum absolute atomic E-state index is 0.234. The first-order valence-corrected chi connectivity index (χ1v) is 19.0. The van der Waals surface area contributed by atoms with Crippen LogP contribution in [-0.4, -0.2) is 19.6 Å². The summed E-state index contributed by atoms with van der Waals surface area (Å²) in [6, 6.07) is 47.5. The number of fused-ring (bicyclic) bond motifs is 9. The number of nitrogens with zero attached hydrogens (tertiary/aromatic N) is 3. The van der Waals surface area contributed by atoms with Gasteiger partial charge in [0.25, 0.3) is 0 Å². The SMILES string of the molecule is CC1(C)c2ccc(-c3cn(-c4ccc5oc6ccccc6c5c4)c(-c4cccc5oc6ccc(-c7ccccc7)cc6c45)n3)nc2-c2c(O)cccc2C1(C)C. The Morgan fingerprint density at radius 3 is 2.12 bits per heavy atom. The Kier molecular flexibility index (Phi) is 6.70. The molecule has 0 fully saturated rings. The first-order valence-electron chi connectivity index (χ1n) is 19.0. The second kappa shape index (κ2) is 11.5. The number of phenolic OH excluding ortho intramolecular Hbond substituents is 1. The van der Waals surface area contributed by atoms with Crippen LogP contribution < -0.4 is 0 Å². The molecule has 4 aromatic heterocycles. The number of rotatable bonds is 4. The first-order chi connectivity index (χ1) is 27.2. The van der Waals surface area contributed by atoms with Crippen LogP contribution in [0.15, 0.2) is 155 Å². The lowest BCUT2D eigenvalue weighted by Crippen LogP contribution is -2.43. The number of aromatic hydroxyl groups is 1. The quantitative estimate of drug-likeness (QED) is 0.195. The number of pyridine rings is 1. The maximum absolute atomic E-state index is 11.3. The second-order valence-corrected chi connectivity index (χ2v) is 16.0. The predicted octanol–water partition coefficient (Wildman–Crippen LogP) is 13.0. The van der Waals surface area contributed by atoms with Crippen molar-refractivity contribution < 1.29 is 13.9 Å². The monoisotopic (exact) mass is 727 g/mol. The van der Waals surface area contributed by atoms with Gasteiger partial charge in [0.1, 0.15) is 39.6 Å². The Hall–Kier alpha value is -6.92. The second-order valence-electron chi connectivity index (χ2n) is 16.0. The number of imidazole rings is 1. The van der Waals surface area contributed by atoms with Gasteiger partial charge in [-0.3, -0.25) is 4.57 Å². The minimum Gasteiger partial charge on any atom is -0.507 e. The highest BCUT2D eigenvalue weighted by molar-refractivity contribution is 6.13. The molecular formula is C50H37N3O3. The summed E-state index contributed by atoms with van der Waals surface area (Å²) in [7, 11) is 0. The van der Waals surface area contributed by atoms with Crippen LogP contribution in [0.4, 0.5) is 0 Å². The summed E-state index contributed by atoms with van der Waals surface area (Å²) in [5.41, 5.74) is 12.1. The molecule has 0 amide bonds. The molecule has 0 aliphatic heterocycles. The Labute approximate surface area is 323 Å². The van der Waals surface area contributed by atoms with Crippen LogP contribution in [0.2, 0.25) is 0 Å². The molecule has 270 valence electrons. The third kappa shape index (κ3) is 4.56. The van der Waals surface area contributed by atoms with Gasteiger partial charge in [-0.15, -0.1) is 0 Å². The predicted molar refractivity (Wildman–Crippen MR) is 225 cm³/mol. The highest BCUT2D eigenvalue weighted by atomic mass is 16.3. The van der Waals surface area contributed by atoms with E-state index in [1.807, 2.05) is 48.5 Å². The lowest BCUT2D eigenvalue weighted by atomic mass is 9.56. The van der Waals surface area contributed by atoms with Gasteiger partial charge >= 0.3 is 0 Å². The lowest BCUT2D eigenvalue weighted by molar-refractivity contribution is 0.296. The van der Waals surface area contributed by atoms with E-state index in [2.05, 4.69) is 123 Å². The Morgan fingerprint density at radius 2 is 1.25 bits per heavy atom. The molecule has 10 aromatic rings. The standard InChI is InChI=1S/C50H37N3O3/c1-49(2)36-16-11-17-40(54)46(36)47-37(50(49,3)4)22-23-38(51-47)39-28-53(31-21-25-42-34(27-31)32-14-8-9-18-41(32)55-42)48(52-39)33-15-10-19-44-45(33)35-26-30(20-24-43(35)56-44)29-12-6-5-7-13-29/h5-28,54H,1-4H3. The summed E-state index contributed by atoms with van der Waals surface area (Å²) in [5.74, 6) is 0.993.